The Labute approximate surface area is 172 Å². The zero-order valence-electron chi connectivity index (χ0n) is 12.3. The monoisotopic (exact) mass is 370 g/mol. The van der Waals surface area contributed by atoms with E-state index in [0.29, 0.717) is 10.8 Å². The van der Waals surface area contributed by atoms with Gasteiger partial charge in [0.2, 0.25) is 5.82 Å². The van der Waals surface area contributed by atoms with E-state index < -0.39 is 49.9 Å². The third kappa shape index (κ3) is 6.46. The predicted molar refractivity (Wildman–Crippen MR) is 59.4 cm³/mol. The second-order valence-electron chi connectivity index (χ2n) is 4.32. The van der Waals surface area contributed by atoms with Crippen molar-refractivity contribution < 1.29 is 92.2 Å². The molecular weight excluding hydrogens is 360 g/mol. The molecule has 10 nitrogen and oxygen atoms in total. The fourth-order valence-electron chi connectivity index (χ4n) is 1.88. The van der Waals surface area contributed by atoms with E-state index >= 15 is 0 Å². The van der Waals surface area contributed by atoms with Crippen LogP contribution in [0.3, 0.4) is 0 Å². The van der Waals surface area contributed by atoms with E-state index in [4.69, 9.17) is 4.74 Å². The van der Waals surface area contributed by atoms with Crippen LogP contribution in [-0.4, -0.2) is 33.5 Å². The number of nitrogens with zero attached hydrogens (tertiary/aromatic N) is 1. The van der Waals surface area contributed by atoms with Crippen LogP contribution in [0.4, 0.5) is 4.39 Å². The molecular formula is C9H10FN2Na2O8P. The summed E-state index contributed by atoms with van der Waals surface area (Å²) < 4.78 is 33.3. The first-order valence-corrected chi connectivity index (χ1v) is 7.14. The second-order valence-corrected chi connectivity index (χ2v) is 5.47. The summed E-state index contributed by atoms with van der Waals surface area (Å²) in [5.74, 6) is -1.23. The van der Waals surface area contributed by atoms with E-state index in [-0.39, 0.29) is 65.5 Å². The van der Waals surface area contributed by atoms with Gasteiger partial charge >= 0.3 is 64.8 Å². The molecule has 0 aromatic carbocycles. The van der Waals surface area contributed by atoms with Crippen molar-refractivity contribution in [1.29, 1.82) is 0 Å². The maximum absolute atomic E-state index is 13.1. The molecule has 2 heterocycles. The summed E-state index contributed by atoms with van der Waals surface area (Å²) in [5, 5.41) is 9.65. The third-order valence-corrected chi connectivity index (χ3v) is 3.30. The first-order chi connectivity index (χ1) is 9.67. The molecule has 3 atom stereocenters. The molecule has 1 unspecified atom stereocenters. The molecule has 118 valence electrons. The number of ether oxygens (including phenoxy) is 1. The maximum atomic E-state index is 13.1. The van der Waals surface area contributed by atoms with Crippen LogP contribution in [-0.2, 0) is 13.8 Å². The van der Waals surface area contributed by atoms with Crippen molar-refractivity contribution in [2.24, 2.45) is 0 Å². The van der Waals surface area contributed by atoms with Gasteiger partial charge in [0.25, 0.3) is 5.56 Å². The zero-order valence-corrected chi connectivity index (χ0v) is 17.2. The minimum atomic E-state index is -5.23. The minimum Gasteiger partial charge on any atom is -0.790 e. The van der Waals surface area contributed by atoms with Gasteiger partial charge in [0.05, 0.1) is 26.7 Å². The molecule has 1 aliphatic rings. The van der Waals surface area contributed by atoms with E-state index in [1.165, 1.54) is 0 Å². The van der Waals surface area contributed by atoms with Gasteiger partial charge in [-0.1, -0.05) is 0 Å². The summed E-state index contributed by atoms with van der Waals surface area (Å²) in [6, 6.07) is 0. The van der Waals surface area contributed by atoms with Gasteiger partial charge in [-0.15, -0.1) is 0 Å². The fourth-order valence-corrected chi connectivity index (χ4v) is 2.20. The van der Waals surface area contributed by atoms with Crippen molar-refractivity contribution in [1.82, 2.24) is 9.55 Å². The van der Waals surface area contributed by atoms with Gasteiger partial charge in [-0.2, -0.15) is 4.39 Å². The molecule has 1 aromatic rings. The SMILES string of the molecule is O=c1[nH]c(=O)n([C@H]2CC(O)[C@@H](COP(=O)([O-])[O-])O2)cc1F.[Na+].[Na+]. The third-order valence-electron chi connectivity index (χ3n) is 2.84. The van der Waals surface area contributed by atoms with Gasteiger partial charge in [0, 0.05) is 6.42 Å². The van der Waals surface area contributed by atoms with E-state index in [0.717, 1.165) is 0 Å². The predicted octanol–water partition coefficient (Wildman–Crippen LogP) is -8.82. The summed E-state index contributed by atoms with van der Waals surface area (Å²) in [5.41, 5.74) is -2.16. The molecule has 1 fully saturated rings. The molecule has 2 N–H and O–H groups in total. The average Bonchev–Trinajstić information content (AvgIpc) is 2.72. The van der Waals surface area contributed by atoms with Gasteiger partial charge in [0.1, 0.15) is 12.3 Å². The van der Waals surface area contributed by atoms with Crippen molar-refractivity contribution in [3.63, 3.8) is 0 Å². The largest absolute Gasteiger partial charge is 1.00 e. The molecule has 0 amide bonds. The molecule has 23 heavy (non-hydrogen) atoms. The smallest absolute Gasteiger partial charge is 0.790 e. The van der Waals surface area contributed by atoms with Crippen LogP contribution in [0.5, 0.6) is 0 Å². The molecule has 2 rings (SSSR count). The number of aliphatic hydroxyl groups excluding tert-OH is 1. The van der Waals surface area contributed by atoms with Crippen LogP contribution in [0.1, 0.15) is 12.6 Å². The standard InChI is InChI=1S/C9H12FN2O8P.2Na/c10-4-2-12(9(15)11-8(4)14)7-1-5(13)6(20-7)3-19-21(16,17)18;;/h2,5-7,13H,1,3H2,(H,11,14,15)(H2,16,17,18);;/q;2*+1/p-2/t5?,6-,7-;;/m1../s1. The minimum absolute atomic E-state index is 0. The van der Waals surface area contributed by atoms with E-state index in [1.807, 2.05) is 0 Å². The summed E-state index contributed by atoms with van der Waals surface area (Å²) in [6.07, 6.45) is -3.13. The van der Waals surface area contributed by atoms with E-state index in [9.17, 15) is 33.4 Å². The van der Waals surface area contributed by atoms with Crippen LogP contribution in [0, 0.1) is 5.82 Å². The van der Waals surface area contributed by atoms with Gasteiger partial charge in [-0.05, 0) is 0 Å². The summed E-state index contributed by atoms with van der Waals surface area (Å²) in [4.78, 5) is 44.8. The number of phosphoric ester groups is 1. The maximum Gasteiger partial charge on any atom is 1.00 e. The van der Waals surface area contributed by atoms with Crippen LogP contribution in [0.15, 0.2) is 15.8 Å². The molecule has 0 spiro atoms. The number of aromatic nitrogens is 2. The Morgan fingerprint density at radius 3 is 2.65 bits per heavy atom. The molecule has 0 saturated carbocycles. The molecule has 1 aliphatic heterocycles. The second kappa shape index (κ2) is 9.37. The zero-order chi connectivity index (χ0) is 15.8. The number of aromatic amines is 1. The number of hydrogen-bond acceptors (Lipinski definition) is 8. The number of H-pyrrole nitrogens is 1. The fraction of sp³-hybridized carbons (Fsp3) is 0.556. The Morgan fingerprint density at radius 1 is 1.48 bits per heavy atom. The molecule has 0 bridgehead atoms. The topological polar surface area (TPSA) is 157 Å². The first kappa shape index (κ1) is 23.6. The van der Waals surface area contributed by atoms with Gasteiger partial charge < -0.3 is 28.7 Å². The van der Waals surface area contributed by atoms with E-state index in [1.54, 1.807) is 4.98 Å². The summed E-state index contributed by atoms with van der Waals surface area (Å²) in [7, 11) is -5.23. The Balaban J connectivity index is 0.00000242. The molecule has 1 saturated heterocycles. The number of halogens is 1. The number of hydrogen-bond donors (Lipinski definition) is 2. The van der Waals surface area contributed by atoms with E-state index in [2.05, 4.69) is 4.52 Å². The van der Waals surface area contributed by atoms with Crippen LogP contribution < -0.4 is 80.2 Å². The van der Waals surface area contributed by atoms with Crippen molar-refractivity contribution in [3.05, 3.63) is 32.9 Å². The number of nitrogens with one attached hydrogen (secondary N) is 1. The summed E-state index contributed by atoms with van der Waals surface area (Å²) >= 11 is 0. The number of phosphoric acid groups is 1. The number of aliphatic hydroxyl groups is 1. The Kier molecular flexibility index (Phi) is 9.63. The molecule has 14 heteroatoms. The van der Waals surface area contributed by atoms with Crippen LogP contribution in [0.25, 0.3) is 0 Å². The Hall–Kier alpha value is 0.640. The average molecular weight is 370 g/mol. The van der Waals surface area contributed by atoms with Crippen LogP contribution in [0.2, 0.25) is 0 Å². The van der Waals surface area contributed by atoms with Crippen molar-refractivity contribution in [2.75, 3.05) is 6.61 Å². The summed E-state index contributed by atoms with van der Waals surface area (Å²) in [6.45, 7) is -0.734. The molecule has 0 aliphatic carbocycles. The molecule has 1 aromatic heterocycles. The van der Waals surface area contributed by atoms with Crippen molar-refractivity contribution >= 4 is 7.82 Å². The Bertz CT molecular complexity index is 691. The van der Waals surface area contributed by atoms with Crippen LogP contribution >= 0.6 is 7.82 Å². The van der Waals surface area contributed by atoms with Gasteiger partial charge in [-0.25, -0.2) is 4.79 Å². The number of rotatable bonds is 4. The van der Waals surface area contributed by atoms with Crippen molar-refractivity contribution in [2.45, 2.75) is 24.9 Å². The molecule has 0 radical (unpaired) electrons. The van der Waals surface area contributed by atoms with Crippen molar-refractivity contribution in [3.8, 4) is 0 Å². The normalized spacial score (nSPS) is 23.9. The van der Waals surface area contributed by atoms with Gasteiger partial charge in [0.15, 0.2) is 0 Å². The Morgan fingerprint density at radius 2 is 2.09 bits per heavy atom. The quantitative estimate of drug-likeness (QED) is 0.391. The first-order valence-electron chi connectivity index (χ1n) is 5.68. The van der Waals surface area contributed by atoms with Gasteiger partial charge in [-0.3, -0.25) is 14.3 Å².